The fourth-order valence-electron chi connectivity index (χ4n) is 2.39. The van der Waals surface area contributed by atoms with E-state index in [2.05, 4.69) is 11.1 Å². The number of hydrogen-bond donors (Lipinski definition) is 0. The van der Waals surface area contributed by atoms with Crippen molar-refractivity contribution in [2.45, 2.75) is 6.92 Å². The molecule has 1 aromatic heterocycles. The van der Waals surface area contributed by atoms with E-state index in [1.54, 1.807) is 24.3 Å². The zero-order valence-electron chi connectivity index (χ0n) is 15.1. The van der Waals surface area contributed by atoms with Gasteiger partial charge in [-0.05, 0) is 55.0 Å². The van der Waals surface area contributed by atoms with Crippen LogP contribution in [0.3, 0.4) is 0 Å². The van der Waals surface area contributed by atoms with E-state index in [4.69, 9.17) is 9.47 Å². The molecule has 0 aliphatic rings. The predicted molar refractivity (Wildman–Crippen MR) is 105 cm³/mol. The minimum atomic E-state index is -0.627. The fourth-order valence-corrected chi connectivity index (χ4v) is 3.15. The molecule has 7 heteroatoms. The quantitative estimate of drug-likeness (QED) is 0.350. The first kappa shape index (κ1) is 19.3. The summed E-state index contributed by atoms with van der Waals surface area (Å²) in [5.41, 5.74) is 2.19. The van der Waals surface area contributed by atoms with Crippen LogP contribution < -0.4 is 9.47 Å². The number of carbonyl (C=O) groups is 1. The molecule has 2 aromatic carbocycles. The highest BCUT2D eigenvalue weighted by molar-refractivity contribution is 7.11. The van der Waals surface area contributed by atoms with E-state index < -0.39 is 11.8 Å². The van der Waals surface area contributed by atoms with Crippen molar-refractivity contribution >= 4 is 29.0 Å². The number of nitrogens with zero attached hydrogens (tertiary/aromatic N) is 2. The number of aromatic nitrogens is 1. The molecule has 28 heavy (non-hydrogen) atoms. The van der Waals surface area contributed by atoms with Gasteiger partial charge in [-0.3, -0.25) is 0 Å². The molecular formula is C21H15FN2O3S. The lowest BCUT2D eigenvalue weighted by atomic mass is 10.1. The molecular weight excluding hydrogens is 379 g/mol. The normalized spacial score (nSPS) is 11.0. The second kappa shape index (κ2) is 8.46. The maximum Gasteiger partial charge on any atom is 0.343 e. The van der Waals surface area contributed by atoms with Crippen LogP contribution in [0.4, 0.5) is 4.39 Å². The maximum absolute atomic E-state index is 13.0. The van der Waals surface area contributed by atoms with Gasteiger partial charge in [0.15, 0.2) is 11.5 Å². The number of nitriles is 1. The van der Waals surface area contributed by atoms with Crippen LogP contribution in [0.5, 0.6) is 11.5 Å². The van der Waals surface area contributed by atoms with Gasteiger partial charge in [-0.25, -0.2) is 14.2 Å². The summed E-state index contributed by atoms with van der Waals surface area (Å²) >= 11 is 1.39. The van der Waals surface area contributed by atoms with E-state index in [-0.39, 0.29) is 11.3 Å². The molecule has 0 N–H and O–H groups in total. The van der Waals surface area contributed by atoms with Gasteiger partial charge in [0.05, 0.1) is 18.2 Å². The fraction of sp³-hybridized carbons (Fsp3) is 0.0952. The number of esters is 1. The average molecular weight is 394 g/mol. The first-order valence-electron chi connectivity index (χ1n) is 8.20. The highest BCUT2D eigenvalue weighted by Gasteiger charge is 2.13. The first-order chi connectivity index (χ1) is 13.5. The van der Waals surface area contributed by atoms with Crippen LogP contribution in [0.15, 0.2) is 47.8 Å². The van der Waals surface area contributed by atoms with Gasteiger partial charge in [0.25, 0.3) is 0 Å². The Hall–Kier alpha value is -3.50. The third kappa shape index (κ3) is 4.42. The molecule has 0 saturated carbocycles. The van der Waals surface area contributed by atoms with Crippen molar-refractivity contribution in [3.05, 3.63) is 75.5 Å². The number of aryl methyl sites for hydroxylation is 1. The number of methoxy groups -OCH3 is 1. The molecule has 0 fully saturated rings. The summed E-state index contributed by atoms with van der Waals surface area (Å²) in [5.74, 6) is -0.513. The van der Waals surface area contributed by atoms with E-state index in [0.29, 0.717) is 21.9 Å². The largest absolute Gasteiger partial charge is 0.493 e. The molecule has 0 radical (unpaired) electrons. The molecule has 0 unspecified atom stereocenters. The van der Waals surface area contributed by atoms with E-state index in [9.17, 15) is 14.4 Å². The molecule has 0 amide bonds. The third-order valence-electron chi connectivity index (χ3n) is 3.75. The van der Waals surface area contributed by atoms with Crippen LogP contribution in [0.1, 0.15) is 26.6 Å². The Bertz CT molecular complexity index is 1080. The Morgan fingerprint density at radius 3 is 2.57 bits per heavy atom. The summed E-state index contributed by atoms with van der Waals surface area (Å²) in [4.78, 5) is 16.5. The van der Waals surface area contributed by atoms with Crippen molar-refractivity contribution < 1.29 is 18.7 Å². The van der Waals surface area contributed by atoms with Crippen molar-refractivity contribution in [1.29, 1.82) is 5.26 Å². The number of allylic oxidation sites excluding steroid dienone is 1. The van der Waals surface area contributed by atoms with Gasteiger partial charge in [-0.1, -0.05) is 6.07 Å². The second-order valence-electron chi connectivity index (χ2n) is 5.77. The molecule has 0 spiro atoms. The lowest BCUT2D eigenvalue weighted by Crippen LogP contribution is -2.09. The van der Waals surface area contributed by atoms with Gasteiger partial charge >= 0.3 is 5.97 Å². The number of hydrogen-bond acceptors (Lipinski definition) is 6. The van der Waals surface area contributed by atoms with E-state index in [1.807, 2.05) is 12.3 Å². The van der Waals surface area contributed by atoms with Gasteiger partial charge in [-0.15, -0.1) is 11.3 Å². The van der Waals surface area contributed by atoms with Crippen LogP contribution >= 0.6 is 11.3 Å². The van der Waals surface area contributed by atoms with E-state index >= 15 is 0 Å². The van der Waals surface area contributed by atoms with E-state index in [1.165, 1.54) is 42.7 Å². The predicted octanol–water partition coefficient (Wildman–Crippen LogP) is 4.88. The van der Waals surface area contributed by atoms with Gasteiger partial charge in [0.1, 0.15) is 16.9 Å². The third-order valence-corrected chi connectivity index (χ3v) is 4.74. The summed E-state index contributed by atoms with van der Waals surface area (Å²) in [6, 6.07) is 12.1. The van der Waals surface area contributed by atoms with Crippen molar-refractivity contribution in [3.63, 3.8) is 0 Å². The van der Waals surface area contributed by atoms with Crippen LogP contribution in [-0.2, 0) is 0 Å². The SMILES string of the molecule is COc1cc(/C=C(\C#N)c2nc(C)cs2)ccc1OC(=O)c1ccc(F)cc1. The van der Waals surface area contributed by atoms with Gasteiger partial charge in [0.2, 0.25) is 0 Å². The molecule has 0 aliphatic carbocycles. The average Bonchev–Trinajstić information content (AvgIpc) is 3.13. The minimum Gasteiger partial charge on any atom is -0.493 e. The van der Waals surface area contributed by atoms with Gasteiger partial charge < -0.3 is 9.47 Å². The summed E-state index contributed by atoms with van der Waals surface area (Å²) in [6.45, 7) is 1.86. The van der Waals surface area contributed by atoms with Crippen molar-refractivity contribution in [2.24, 2.45) is 0 Å². The Morgan fingerprint density at radius 2 is 1.96 bits per heavy atom. The highest BCUT2D eigenvalue weighted by atomic mass is 32.1. The summed E-state index contributed by atoms with van der Waals surface area (Å²) < 4.78 is 23.7. The molecule has 0 aliphatic heterocycles. The Balaban J connectivity index is 1.86. The van der Waals surface area contributed by atoms with Crippen LogP contribution in [-0.4, -0.2) is 18.1 Å². The monoisotopic (exact) mass is 394 g/mol. The van der Waals surface area contributed by atoms with Crippen molar-refractivity contribution in [2.75, 3.05) is 7.11 Å². The van der Waals surface area contributed by atoms with Crippen LogP contribution in [0.2, 0.25) is 0 Å². The van der Waals surface area contributed by atoms with Crippen LogP contribution in [0.25, 0.3) is 11.6 Å². The summed E-state index contributed by atoms with van der Waals surface area (Å²) in [6.07, 6.45) is 1.69. The Kier molecular flexibility index (Phi) is 5.82. The first-order valence-corrected chi connectivity index (χ1v) is 9.08. The number of halogens is 1. The van der Waals surface area contributed by atoms with Gasteiger partial charge in [0, 0.05) is 11.1 Å². The standard InChI is InChI=1S/C21H15FN2O3S/c1-13-12-28-20(24-13)16(11-23)9-14-3-8-18(19(10-14)26-2)27-21(25)15-4-6-17(22)7-5-15/h3-10,12H,1-2H3/b16-9+. The molecule has 0 bridgehead atoms. The van der Waals surface area contributed by atoms with E-state index in [0.717, 1.165) is 5.69 Å². The summed E-state index contributed by atoms with van der Waals surface area (Å²) in [7, 11) is 1.45. The lowest BCUT2D eigenvalue weighted by molar-refractivity contribution is 0.0729. The Labute approximate surface area is 165 Å². The highest BCUT2D eigenvalue weighted by Crippen LogP contribution is 2.31. The van der Waals surface area contributed by atoms with Crippen molar-refractivity contribution in [1.82, 2.24) is 4.98 Å². The Morgan fingerprint density at radius 1 is 1.21 bits per heavy atom. The topological polar surface area (TPSA) is 72.2 Å². The maximum atomic E-state index is 13.0. The molecule has 0 atom stereocenters. The number of rotatable bonds is 5. The summed E-state index contributed by atoms with van der Waals surface area (Å²) in [5, 5.41) is 11.9. The molecule has 3 aromatic rings. The van der Waals surface area contributed by atoms with Gasteiger partial charge in [-0.2, -0.15) is 5.26 Å². The molecule has 0 saturated heterocycles. The number of benzene rings is 2. The number of thiazole rings is 1. The minimum absolute atomic E-state index is 0.220. The lowest BCUT2D eigenvalue weighted by Gasteiger charge is -2.10. The molecule has 3 rings (SSSR count). The van der Waals surface area contributed by atoms with Crippen LogP contribution in [0, 0.1) is 24.1 Å². The molecule has 5 nitrogen and oxygen atoms in total. The number of ether oxygens (including phenoxy) is 2. The van der Waals surface area contributed by atoms with Crippen molar-refractivity contribution in [3.8, 4) is 17.6 Å². The zero-order chi connectivity index (χ0) is 20.1. The molecule has 1 heterocycles. The number of carbonyl (C=O) groups excluding carboxylic acids is 1. The zero-order valence-corrected chi connectivity index (χ0v) is 15.9. The smallest absolute Gasteiger partial charge is 0.343 e. The second-order valence-corrected chi connectivity index (χ2v) is 6.63. The molecule has 140 valence electrons.